The Bertz CT molecular complexity index is 906. The fourth-order valence-corrected chi connectivity index (χ4v) is 3.60. The first kappa shape index (κ1) is 19.2. The largest absolute Gasteiger partial charge is 0.372 e. The fourth-order valence-electron chi connectivity index (χ4n) is 3.60. The van der Waals surface area contributed by atoms with Gasteiger partial charge in [0.25, 0.3) is 5.91 Å². The number of amides is 2. The van der Waals surface area contributed by atoms with Crippen LogP contribution in [0.1, 0.15) is 16.8 Å². The van der Waals surface area contributed by atoms with Crippen LogP contribution in [0.25, 0.3) is 0 Å². The molecule has 0 saturated carbocycles. The van der Waals surface area contributed by atoms with Crippen LogP contribution in [0.2, 0.25) is 0 Å². The molecule has 2 aliphatic rings. The minimum atomic E-state index is -0.233. The molecule has 1 aromatic carbocycles. The quantitative estimate of drug-likeness (QED) is 0.827. The highest BCUT2D eigenvalue weighted by Gasteiger charge is 2.19. The molecule has 0 spiro atoms. The molecule has 0 aliphatic carbocycles. The number of rotatable bonds is 3. The summed E-state index contributed by atoms with van der Waals surface area (Å²) < 4.78 is 0. The van der Waals surface area contributed by atoms with Crippen LogP contribution < -0.4 is 20.4 Å². The number of carbonyl (C=O) groups is 2. The van der Waals surface area contributed by atoms with Gasteiger partial charge in [-0.1, -0.05) is 0 Å². The number of benzene rings is 1. The van der Waals surface area contributed by atoms with Crippen LogP contribution in [0, 0.1) is 0 Å². The first-order chi connectivity index (χ1) is 14.0. The van der Waals surface area contributed by atoms with E-state index in [1.807, 2.05) is 30.1 Å². The van der Waals surface area contributed by atoms with Crippen LogP contribution in [0.5, 0.6) is 0 Å². The minimum Gasteiger partial charge on any atom is -0.372 e. The zero-order valence-corrected chi connectivity index (χ0v) is 16.8. The Morgan fingerprint density at radius 1 is 1.07 bits per heavy atom. The number of hydrogen-bond donors (Lipinski definition) is 2. The molecule has 2 aromatic rings. The normalized spacial score (nSPS) is 17.4. The van der Waals surface area contributed by atoms with Crippen molar-refractivity contribution in [2.24, 2.45) is 0 Å². The Morgan fingerprint density at radius 3 is 2.59 bits per heavy atom. The van der Waals surface area contributed by atoms with Gasteiger partial charge in [0.2, 0.25) is 5.91 Å². The van der Waals surface area contributed by atoms with Gasteiger partial charge in [0.1, 0.15) is 5.82 Å². The predicted molar refractivity (Wildman–Crippen MR) is 115 cm³/mol. The molecule has 0 bridgehead atoms. The summed E-state index contributed by atoms with van der Waals surface area (Å²) in [4.78, 5) is 35.6. The number of aromatic nitrogens is 1. The lowest BCUT2D eigenvalue weighted by Crippen LogP contribution is -2.44. The maximum Gasteiger partial charge on any atom is 0.255 e. The van der Waals surface area contributed by atoms with Crippen molar-refractivity contribution in [2.75, 3.05) is 67.3 Å². The highest BCUT2D eigenvalue weighted by atomic mass is 16.2. The van der Waals surface area contributed by atoms with E-state index in [0.29, 0.717) is 29.9 Å². The number of pyridine rings is 1. The summed E-state index contributed by atoms with van der Waals surface area (Å²) in [7, 11) is 4.06. The van der Waals surface area contributed by atoms with Crippen molar-refractivity contribution in [1.29, 1.82) is 0 Å². The monoisotopic (exact) mass is 394 g/mol. The summed E-state index contributed by atoms with van der Waals surface area (Å²) >= 11 is 0. The van der Waals surface area contributed by atoms with Gasteiger partial charge in [0.15, 0.2) is 0 Å². The summed E-state index contributed by atoms with van der Waals surface area (Å²) in [6, 6.07) is 9.17. The molecule has 0 radical (unpaired) electrons. The van der Waals surface area contributed by atoms with Gasteiger partial charge in [-0.25, -0.2) is 4.98 Å². The van der Waals surface area contributed by atoms with Gasteiger partial charge in [-0.05, 0) is 37.4 Å². The number of anilines is 4. The summed E-state index contributed by atoms with van der Waals surface area (Å²) in [5.74, 6) is 0.645. The van der Waals surface area contributed by atoms with Crippen LogP contribution >= 0.6 is 0 Å². The van der Waals surface area contributed by atoms with Crippen molar-refractivity contribution in [1.82, 2.24) is 9.88 Å². The minimum absolute atomic E-state index is 0.0446. The van der Waals surface area contributed by atoms with Crippen molar-refractivity contribution in [3.8, 4) is 0 Å². The zero-order chi connectivity index (χ0) is 20.4. The predicted octanol–water partition coefficient (Wildman–Crippen LogP) is 1.86. The molecule has 8 heteroatoms. The fraction of sp³-hybridized carbons (Fsp3) is 0.381. The molecular weight excluding hydrogens is 368 g/mol. The molecule has 2 aliphatic heterocycles. The van der Waals surface area contributed by atoms with Gasteiger partial charge in [0.05, 0.1) is 23.3 Å². The molecule has 3 heterocycles. The van der Waals surface area contributed by atoms with E-state index < -0.39 is 0 Å². The van der Waals surface area contributed by atoms with Gasteiger partial charge in [-0.3, -0.25) is 9.59 Å². The maximum atomic E-state index is 12.7. The van der Waals surface area contributed by atoms with Crippen LogP contribution in [-0.4, -0.2) is 68.5 Å². The van der Waals surface area contributed by atoms with Crippen molar-refractivity contribution in [2.45, 2.75) is 6.42 Å². The molecule has 4 rings (SSSR count). The molecule has 152 valence electrons. The van der Waals surface area contributed by atoms with Crippen LogP contribution in [0.3, 0.4) is 0 Å². The number of nitrogens with one attached hydrogen (secondary N) is 2. The highest BCUT2D eigenvalue weighted by molar-refractivity contribution is 6.06. The summed E-state index contributed by atoms with van der Waals surface area (Å²) in [6.07, 6.45) is 2.11. The smallest absolute Gasteiger partial charge is 0.255 e. The van der Waals surface area contributed by atoms with E-state index in [1.54, 1.807) is 18.3 Å². The third kappa shape index (κ3) is 4.32. The van der Waals surface area contributed by atoms with Crippen LogP contribution in [0.4, 0.5) is 22.9 Å². The number of fused-ring (bicyclic) bond motifs is 1. The standard InChI is InChI=1S/C21H26N6O2/c1-25-9-11-27(12-10-25)19-6-4-16(14-22-19)23-21(29)15-3-5-18-17(13-15)24-20(28)7-8-26(18)2/h3-6,13-14H,7-12H2,1-2H3,(H,23,29)(H,24,28). The van der Waals surface area contributed by atoms with Gasteiger partial charge >= 0.3 is 0 Å². The van der Waals surface area contributed by atoms with Gasteiger partial charge < -0.3 is 25.3 Å². The van der Waals surface area contributed by atoms with Crippen molar-refractivity contribution in [3.05, 3.63) is 42.1 Å². The lowest BCUT2D eigenvalue weighted by Gasteiger charge is -2.33. The van der Waals surface area contributed by atoms with Gasteiger partial charge in [-0.2, -0.15) is 0 Å². The van der Waals surface area contributed by atoms with E-state index in [9.17, 15) is 9.59 Å². The Hall–Kier alpha value is -3.13. The molecular formula is C21H26N6O2. The van der Waals surface area contributed by atoms with E-state index in [1.165, 1.54) is 0 Å². The average Bonchev–Trinajstić information content (AvgIpc) is 2.87. The Kier molecular flexibility index (Phi) is 5.35. The zero-order valence-electron chi connectivity index (χ0n) is 16.8. The van der Waals surface area contributed by atoms with E-state index in [-0.39, 0.29) is 11.8 Å². The molecule has 8 nitrogen and oxygen atoms in total. The molecule has 29 heavy (non-hydrogen) atoms. The van der Waals surface area contributed by atoms with Crippen molar-refractivity contribution >= 4 is 34.7 Å². The van der Waals surface area contributed by atoms with Gasteiger partial charge in [0, 0.05) is 51.8 Å². The third-order valence-electron chi connectivity index (χ3n) is 5.45. The molecule has 1 aromatic heterocycles. The number of hydrogen-bond acceptors (Lipinski definition) is 6. The third-order valence-corrected chi connectivity index (χ3v) is 5.45. The summed E-state index contributed by atoms with van der Waals surface area (Å²) in [6.45, 7) is 4.58. The molecule has 1 fully saturated rings. The number of likely N-dealkylation sites (N-methyl/N-ethyl adjacent to an activating group) is 1. The number of piperazine rings is 1. The molecule has 2 amide bonds. The summed E-state index contributed by atoms with van der Waals surface area (Å²) in [5, 5.41) is 5.76. The van der Waals surface area contributed by atoms with E-state index in [4.69, 9.17) is 0 Å². The second-order valence-electron chi connectivity index (χ2n) is 7.60. The topological polar surface area (TPSA) is 80.8 Å². The summed E-state index contributed by atoms with van der Waals surface area (Å²) in [5.41, 5.74) is 2.70. The first-order valence-electron chi connectivity index (χ1n) is 9.85. The second-order valence-corrected chi connectivity index (χ2v) is 7.60. The maximum absolute atomic E-state index is 12.7. The average molecular weight is 394 g/mol. The molecule has 0 unspecified atom stereocenters. The van der Waals surface area contributed by atoms with E-state index in [2.05, 4.69) is 32.5 Å². The molecule has 0 atom stereocenters. The van der Waals surface area contributed by atoms with Crippen molar-refractivity contribution in [3.63, 3.8) is 0 Å². The lowest BCUT2D eigenvalue weighted by molar-refractivity contribution is -0.115. The Morgan fingerprint density at radius 2 is 1.86 bits per heavy atom. The second kappa shape index (κ2) is 8.08. The molecule has 1 saturated heterocycles. The lowest BCUT2D eigenvalue weighted by atomic mass is 10.1. The van der Waals surface area contributed by atoms with E-state index in [0.717, 1.165) is 37.7 Å². The van der Waals surface area contributed by atoms with E-state index >= 15 is 0 Å². The SMILES string of the molecule is CN1CCN(c2ccc(NC(=O)c3ccc4c(c3)NC(=O)CCN4C)cn2)CC1. The van der Waals surface area contributed by atoms with Crippen LogP contribution in [0.15, 0.2) is 36.5 Å². The first-order valence-corrected chi connectivity index (χ1v) is 9.85. The number of nitrogens with zero attached hydrogens (tertiary/aromatic N) is 4. The molecule has 2 N–H and O–H groups in total. The van der Waals surface area contributed by atoms with Gasteiger partial charge in [-0.15, -0.1) is 0 Å². The highest BCUT2D eigenvalue weighted by Crippen LogP contribution is 2.29. The van der Waals surface area contributed by atoms with Crippen LogP contribution in [-0.2, 0) is 4.79 Å². The van der Waals surface area contributed by atoms with Crippen molar-refractivity contribution < 1.29 is 9.59 Å². The number of carbonyl (C=O) groups excluding carboxylic acids is 2. The Balaban J connectivity index is 1.45. The Labute approximate surface area is 170 Å².